The number of nitrogen functional groups attached to an aromatic ring is 1. The third-order valence-electron chi connectivity index (χ3n) is 2.44. The zero-order chi connectivity index (χ0) is 11.0. The second-order valence-electron chi connectivity index (χ2n) is 3.91. The minimum atomic E-state index is 0. The molecular formula is C12H16ClN3. The van der Waals surface area contributed by atoms with Crippen LogP contribution in [0.15, 0.2) is 24.3 Å². The molecule has 86 valence electrons. The largest absolute Gasteiger partial charge is 0.384 e. The Hall–Kier alpha value is -1.48. The van der Waals surface area contributed by atoms with Crippen molar-refractivity contribution in [3.8, 4) is 5.69 Å². The van der Waals surface area contributed by atoms with Gasteiger partial charge in [0.05, 0.1) is 11.4 Å². The normalized spacial score (nSPS) is 9.94. The zero-order valence-electron chi connectivity index (χ0n) is 9.69. The van der Waals surface area contributed by atoms with E-state index in [1.54, 1.807) is 4.68 Å². The van der Waals surface area contributed by atoms with Crippen LogP contribution < -0.4 is 5.73 Å². The molecule has 0 amide bonds. The molecule has 1 heterocycles. The van der Waals surface area contributed by atoms with Gasteiger partial charge in [-0.1, -0.05) is 17.7 Å². The first kappa shape index (κ1) is 12.6. The van der Waals surface area contributed by atoms with Gasteiger partial charge >= 0.3 is 0 Å². The summed E-state index contributed by atoms with van der Waals surface area (Å²) < 4.78 is 1.78. The molecule has 0 aliphatic heterocycles. The Kier molecular flexibility index (Phi) is 3.60. The molecule has 3 nitrogen and oxygen atoms in total. The van der Waals surface area contributed by atoms with Gasteiger partial charge in [-0.15, -0.1) is 12.4 Å². The summed E-state index contributed by atoms with van der Waals surface area (Å²) in [7, 11) is 0. The summed E-state index contributed by atoms with van der Waals surface area (Å²) in [5.74, 6) is 0.680. The standard InChI is InChI=1S/C12H15N3.ClH/c1-8-4-5-11(9(2)6-8)15-12(13)7-10(3)14-15;/h4-7H,13H2,1-3H3;1H. The molecule has 0 fully saturated rings. The summed E-state index contributed by atoms with van der Waals surface area (Å²) in [6.07, 6.45) is 0. The van der Waals surface area contributed by atoms with E-state index >= 15 is 0 Å². The predicted molar refractivity (Wildman–Crippen MR) is 69.4 cm³/mol. The molecule has 2 N–H and O–H groups in total. The highest BCUT2D eigenvalue weighted by Gasteiger charge is 2.06. The Balaban J connectivity index is 0.00000128. The summed E-state index contributed by atoms with van der Waals surface area (Å²) in [4.78, 5) is 0. The predicted octanol–water partition coefficient (Wildman–Crippen LogP) is 2.80. The Morgan fingerprint density at radius 3 is 2.31 bits per heavy atom. The van der Waals surface area contributed by atoms with E-state index in [2.05, 4.69) is 31.1 Å². The summed E-state index contributed by atoms with van der Waals surface area (Å²) in [5, 5.41) is 4.36. The molecule has 2 aromatic rings. The van der Waals surface area contributed by atoms with Gasteiger partial charge in [0, 0.05) is 6.07 Å². The van der Waals surface area contributed by atoms with Crippen LogP contribution in [0.3, 0.4) is 0 Å². The molecule has 0 radical (unpaired) electrons. The van der Waals surface area contributed by atoms with Crippen LogP contribution in [0.2, 0.25) is 0 Å². The van der Waals surface area contributed by atoms with Crippen LogP contribution in [-0.2, 0) is 0 Å². The van der Waals surface area contributed by atoms with Crippen LogP contribution in [0, 0.1) is 20.8 Å². The van der Waals surface area contributed by atoms with E-state index in [1.807, 2.05) is 19.1 Å². The first-order chi connectivity index (χ1) is 7.08. The van der Waals surface area contributed by atoms with Crippen LogP contribution in [-0.4, -0.2) is 9.78 Å². The molecule has 16 heavy (non-hydrogen) atoms. The number of nitrogens with zero attached hydrogens (tertiary/aromatic N) is 2. The van der Waals surface area contributed by atoms with Gasteiger partial charge in [0.25, 0.3) is 0 Å². The lowest BCUT2D eigenvalue weighted by Crippen LogP contribution is -2.03. The van der Waals surface area contributed by atoms with E-state index in [-0.39, 0.29) is 12.4 Å². The molecule has 0 bridgehead atoms. The number of hydrogen-bond acceptors (Lipinski definition) is 2. The second-order valence-corrected chi connectivity index (χ2v) is 3.91. The number of aromatic nitrogens is 2. The van der Waals surface area contributed by atoms with E-state index < -0.39 is 0 Å². The van der Waals surface area contributed by atoms with E-state index in [1.165, 1.54) is 11.1 Å². The molecule has 0 unspecified atom stereocenters. The highest BCUT2D eigenvalue weighted by Crippen LogP contribution is 2.18. The van der Waals surface area contributed by atoms with Gasteiger partial charge in [0.1, 0.15) is 5.82 Å². The van der Waals surface area contributed by atoms with Gasteiger partial charge in [-0.2, -0.15) is 5.10 Å². The Morgan fingerprint density at radius 2 is 1.81 bits per heavy atom. The fourth-order valence-corrected chi connectivity index (χ4v) is 1.76. The van der Waals surface area contributed by atoms with Gasteiger partial charge in [0.15, 0.2) is 0 Å². The average molecular weight is 238 g/mol. The van der Waals surface area contributed by atoms with Crippen molar-refractivity contribution in [3.63, 3.8) is 0 Å². The number of benzene rings is 1. The third-order valence-corrected chi connectivity index (χ3v) is 2.44. The number of anilines is 1. The number of nitrogens with two attached hydrogens (primary N) is 1. The average Bonchev–Trinajstić information content (AvgIpc) is 2.45. The maximum atomic E-state index is 5.88. The van der Waals surface area contributed by atoms with Crippen molar-refractivity contribution in [2.45, 2.75) is 20.8 Å². The maximum Gasteiger partial charge on any atom is 0.127 e. The van der Waals surface area contributed by atoms with Crippen LogP contribution in [0.1, 0.15) is 16.8 Å². The van der Waals surface area contributed by atoms with Crippen molar-refractivity contribution < 1.29 is 0 Å². The van der Waals surface area contributed by atoms with Crippen molar-refractivity contribution in [3.05, 3.63) is 41.1 Å². The van der Waals surface area contributed by atoms with Crippen LogP contribution in [0.4, 0.5) is 5.82 Å². The van der Waals surface area contributed by atoms with E-state index in [4.69, 9.17) is 5.73 Å². The molecule has 1 aromatic heterocycles. The fourth-order valence-electron chi connectivity index (χ4n) is 1.76. The molecule has 0 aliphatic carbocycles. The minimum Gasteiger partial charge on any atom is -0.384 e. The van der Waals surface area contributed by atoms with Gasteiger partial charge in [-0.25, -0.2) is 4.68 Å². The first-order valence-electron chi connectivity index (χ1n) is 4.97. The number of rotatable bonds is 1. The van der Waals surface area contributed by atoms with Crippen molar-refractivity contribution in [2.24, 2.45) is 0 Å². The third kappa shape index (κ3) is 2.19. The molecule has 0 atom stereocenters. The summed E-state index contributed by atoms with van der Waals surface area (Å²) in [6, 6.07) is 8.12. The molecular weight excluding hydrogens is 222 g/mol. The summed E-state index contributed by atoms with van der Waals surface area (Å²) in [5.41, 5.74) is 10.3. The lowest BCUT2D eigenvalue weighted by Gasteiger charge is -2.08. The number of hydrogen-bond donors (Lipinski definition) is 1. The SMILES string of the molecule is Cc1ccc(-n2nc(C)cc2N)c(C)c1.Cl. The van der Waals surface area contributed by atoms with Gasteiger partial charge in [-0.05, 0) is 32.4 Å². The van der Waals surface area contributed by atoms with Crippen LogP contribution >= 0.6 is 12.4 Å². The second kappa shape index (κ2) is 4.58. The smallest absolute Gasteiger partial charge is 0.127 e. The lowest BCUT2D eigenvalue weighted by molar-refractivity contribution is 0.864. The van der Waals surface area contributed by atoms with Crippen LogP contribution in [0.5, 0.6) is 0 Å². The Bertz CT molecular complexity index is 503. The summed E-state index contributed by atoms with van der Waals surface area (Å²) in [6.45, 7) is 6.09. The zero-order valence-corrected chi connectivity index (χ0v) is 10.5. The van der Waals surface area contributed by atoms with E-state index in [0.29, 0.717) is 5.82 Å². The van der Waals surface area contributed by atoms with Gasteiger partial charge in [0.2, 0.25) is 0 Å². The highest BCUT2D eigenvalue weighted by atomic mass is 35.5. The molecule has 0 spiro atoms. The van der Waals surface area contributed by atoms with Crippen molar-refractivity contribution in [1.82, 2.24) is 9.78 Å². The quantitative estimate of drug-likeness (QED) is 0.829. The van der Waals surface area contributed by atoms with Gasteiger partial charge in [-0.3, -0.25) is 0 Å². The topological polar surface area (TPSA) is 43.8 Å². The fraction of sp³-hybridized carbons (Fsp3) is 0.250. The minimum absolute atomic E-state index is 0. The lowest BCUT2D eigenvalue weighted by atomic mass is 10.1. The molecule has 0 aliphatic rings. The van der Waals surface area contributed by atoms with E-state index in [9.17, 15) is 0 Å². The molecule has 0 saturated heterocycles. The van der Waals surface area contributed by atoms with E-state index in [0.717, 1.165) is 11.4 Å². The van der Waals surface area contributed by atoms with Crippen molar-refractivity contribution in [2.75, 3.05) is 5.73 Å². The molecule has 4 heteroatoms. The maximum absolute atomic E-state index is 5.88. The number of aryl methyl sites for hydroxylation is 3. The monoisotopic (exact) mass is 237 g/mol. The van der Waals surface area contributed by atoms with Crippen molar-refractivity contribution >= 4 is 18.2 Å². The Morgan fingerprint density at radius 1 is 1.12 bits per heavy atom. The highest BCUT2D eigenvalue weighted by molar-refractivity contribution is 5.85. The molecule has 0 saturated carbocycles. The molecule has 1 aromatic carbocycles. The Labute approximate surface area is 102 Å². The first-order valence-corrected chi connectivity index (χ1v) is 4.97. The van der Waals surface area contributed by atoms with Crippen molar-refractivity contribution in [1.29, 1.82) is 0 Å². The van der Waals surface area contributed by atoms with Gasteiger partial charge < -0.3 is 5.73 Å². The molecule has 2 rings (SSSR count). The van der Waals surface area contributed by atoms with Crippen LogP contribution in [0.25, 0.3) is 5.69 Å². The summed E-state index contributed by atoms with van der Waals surface area (Å²) >= 11 is 0. The number of halogens is 1.